The van der Waals surface area contributed by atoms with E-state index in [4.69, 9.17) is 4.74 Å². The van der Waals surface area contributed by atoms with E-state index in [2.05, 4.69) is 10.2 Å². The van der Waals surface area contributed by atoms with Crippen LogP contribution < -0.4 is 10.1 Å². The molecule has 2 rings (SSSR count). The van der Waals surface area contributed by atoms with E-state index in [9.17, 15) is 9.59 Å². The number of ether oxygens (including phenoxy) is 1. The molecule has 25 heavy (non-hydrogen) atoms. The second kappa shape index (κ2) is 9.27. The molecule has 1 aliphatic heterocycles. The Morgan fingerprint density at radius 1 is 1.16 bits per heavy atom. The van der Waals surface area contributed by atoms with E-state index < -0.39 is 0 Å². The summed E-state index contributed by atoms with van der Waals surface area (Å²) in [7, 11) is 1.60. The second-order valence-electron chi connectivity index (χ2n) is 5.99. The highest BCUT2D eigenvalue weighted by Gasteiger charge is 2.23. The van der Waals surface area contributed by atoms with Gasteiger partial charge in [0.15, 0.2) is 0 Å². The average molecular weight is 348 g/mol. The fraction of sp³-hybridized carbons (Fsp3) is 0.556. The molecule has 7 heteroatoms. The number of benzene rings is 1. The van der Waals surface area contributed by atoms with Gasteiger partial charge in [-0.3, -0.25) is 9.69 Å². The van der Waals surface area contributed by atoms with E-state index in [0.717, 1.165) is 13.1 Å². The molecule has 7 nitrogen and oxygen atoms in total. The lowest BCUT2D eigenvalue weighted by molar-refractivity contribution is -0.132. The lowest BCUT2D eigenvalue weighted by atomic mass is 10.3. The summed E-state index contributed by atoms with van der Waals surface area (Å²) in [5, 5.41) is 2.89. The first-order valence-corrected chi connectivity index (χ1v) is 8.77. The van der Waals surface area contributed by atoms with E-state index in [0.29, 0.717) is 44.2 Å². The van der Waals surface area contributed by atoms with Crippen molar-refractivity contribution in [2.45, 2.75) is 13.8 Å². The highest BCUT2D eigenvalue weighted by atomic mass is 16.5. The Hall–Kier alpha value is -2.28. The number of rotatable bonds is 6. The van der Waals surface area contributed by atoms with Crippen molar-refractivity contribution in [3.8, 4) is 5.75 Å². The summed E-state index contributed by atoms with van der Waals surface area (Å²) >= 11 is 0. The minimum Gasteiger partial charge on any atom is -0.497 e. The van der Waals surface area contributed by atoms with Gasteiger partial charge in [-0.1, -0.05) is 6.07 Å². The molecule has 1 heterocycles. The second-order valence-corrected chi connectivity index (χ2v) is 5.99. The smallest absolute Gasteiger partial charge is 0.321 e. The number of methoxy groups -OCH3 is 1. The van der Waals surface area contributed by atoms with Crippen LogP contribution in [0.1, 0.15) is 13.8 Å². The Morgan fingerprint density at radius 3 is 2.44 bits per heavy atom. The van der Waals surface area contributed by atoms with Gasteiger partial charge in [-0.25, -0.2) is 4.79 Å². The highest BCUT2D eigenvalue weighted by Crippen LogP contribution is 2.17. The third-order valence-corrected chi connectivity index (χ3v) is 4.46. The van der Waals surface area contributed by atoms with Crippen LogP contribution in [0.25, 0.3) is 0 Å². The van der Waals surface area contributed by atoms with Crippen LogP contribution in [0.5, 0.6) is 5.75 Å². The number of amides is 3. The Balaban J connectivity index is 1.81. The molecular weight excluding hydrogens is 320 g/mol. The number of hydrogen-bond acceptors (Lipinski definition) is 4. The first-order chi connectivity index (χ1) is 12.1. The third-order valence-electron chi connectivity index (χ3n) is 4.46. The van der Waals surface area contributed by atoms with Gasteiger partial charge in [-0.05, 0) is 26.0 Å². The lowest BCUT2D eigenvalue weighted by Gasteiger charge is -2.35. The number of hydrogen-bond donors (Lipinski definition) is 1. The van der Waals surface area contributed by atoms with Crippen molar-refractivity contribution < 1.29 is 14.3 Å². The van der Waals surface area contributed by atoms with E-state index in [1.165, 1.54) is 0 Å². The van der Waals surface area contributed by atoms with Gasteiger partial charge in [0.25, 0.3) is 0 Å². The van der Waals surface area contributed by atoms with E-state index >= 15 is 0 Å². The van der Waals surface area contributed by atoms with Crippen LogP contribution in [0.3, 0.4) is 0 Å². The zero-order valence-electron chi connectivity index (χ0n) is 15.3. The molecule has 0 radical (unpaired) electrons. The molecule has 138 valence electrons. The van der Waals surface area contributed by atoms with Crippen LogP contribution in [0.4, 0.5) is 10.5 Å². The van der Waals surface area contributed by atoms with Gasteiger partial charge in [0.05, 0.1) is 13.7 Å². The number of piperazine rings is 1. The normalized spacial score (nSPS) is 14.9. The summed E-state index contributed by atoms with van der Waals surface area (Å²) < 4.78 is 5.16. The van der Waals surface area contributed by atoms with Crippen molar-refractivity contribution in [2.24, 2.45) is 0 Å². The Bertz CT molecular complexity index is 581. The zero-order valence-corrected chi connectivity index (χ0v) is 15.3. The number of likely N-dealkylation sites (N-methyl/N-ethyl adjacent to an activating group) is 1. The van der Waals surface area contributed by atoms with Gasteiger partial charge in [-0.15, -0.1) is 0 Å². The number of urea groups is 1. The summed E-state index contributed by atoms with van der Waals surface area (Å²) in [4.78, 5) is 30.3. The highest BCUT2D eigenvalue weighted by molar-refractivity contribution is 5.89. The van der Waals surface area contributed by atoms with E-state index in [-0.39, 0.29) is 11.9 Å². The largest absolute Gasteiger partial charge is 0.497 e. The molecule has 1 fully saturated rings. The van der Waals surface area contributed by atoms with Crippen molar-refractivity contribution in [3.05, 3.63) is 24.3 Å². The maximum absolute atomic E-state index is 12.4. The first-order valence-electron chi connectivity index (χ1n) is 8.77. The predicted molar refractivity (Wildman–Crippen MR) is 98.0 cm³/mol. The van der Waals surface area contributed by atoms with Crippen molar-refractivity contribution in [1.82, 2.24) is 14.7 Å². The maximum Gasteiger partial charge on any atom is 0.321 e. The molecule has 1 aromatic carbocycles. The summed E-state index contributed by atoms with van der Waals surface area (Å²) in [6, 6.07) is 7.17. The Labute approximate surface area is 149 Å². The summed E-state index contributed by atoms with van der Waals surface area (Å²) in [6.07, 6.45) is 0. The number of nitrogens with zero attached hydrogens (tertiary/aromatic N) is 3. The molecule has 0 aliphatic carbocycles. The molecule has 1 saturated heterocycles. The van der Waals surface area contributed by atoms with Gasteiger partial charge < -0.3 is 19.9 Å². The lowest BCUT2D eigenvalue weighted by Crippen LogP contribution is -2.52. The molecular formula is C18H28N4O3. The number of carbonyl (C=O) groups excluding carboxylic acids is 2. The fourth-order valence-corrected chi connectivity index (χ4v) is 2.88. The Kier molecular flexibility index (Phi) is 7.06. The fourth-order valence-electron chi connectivity index (χ4n) is 2.88. The van der Waals surface area contributed by atoms with Gasteiger partial charge in [0.2, 0.25) is 5.91 Å². The summed E-state index contributed by atoms with van der Waals surface area (Å²) in [5.74, 6) is 0.858. The number of carbonyl (C=O) groups is 2. The molecule has 1 aliphatic rings. The van der Waals surface area contributed by atoms with Crippen molar-refractivity contribution in [2.75, 3.05) is 58.2 Å². The molecule has 1 N–H and O–H groups in total. The number of anilines is 1. The molecule has 0 spiro atoms. The third kappa shape index (κ3) is 5.35. The quantitative estimate of drug-likeness (QED) is 0.850. The molecule has 3 amide bonds. The van der Waals surface area contributed by atoms with Crippen LogP contribution in [0, 0.1) is 0 Å². The monoisotopic (exact) mass is 348 g/mol. The molecule has 0 saturated carbocycles. The maximum atomic E-state index is 12.4. The zero-order chi connectivity index (χ0) is 18.2. The van der Waals surface area contributed by atoms with Crippen LogP contribution in [-0.2, 0) is 4.79 Å². The van der Waals surface area contributed by atoms with E-state index in [1.54, 1.807) is 18.1 Å². The molecule has 0 aromatic heterocycles. The average Bonchev–Trinajstić information content (AvgIpc) is 2.63. The topological polar surface area (TPSA) is 65.1 Å². The first kappa shape index (κ1) is 19.1. The molecule has 1 aromatic rings. The van der Waals surface area contributed by atoms with Gasteiger partial charge in [-0.2, -0.15) is 0 Å². The predicted octanol–water partition coefficient (Wildman–Crippen LogP) is 1.71. The minimum atomic E-state index is -0.122. The SMILES string of the molecule is CCN(CC)C(=O)CN1CCN(C(=O)Nc2cccc(OC)c2)CC1. The van der Waals surface area contributed by atoms with Crippen molar-refractivity contribution in [1.29, 1.82) is 0 Å². The van der Waals surface area contributed by atoms with Crippen molar-refractivity contribution in [3.63, 3.8) is 0 Å². The molecule has 0 bridgehead atoms. The van der Waals surface area contributed by atoms with Crippen LogP contribution in [0.15, 0.2) is 24.3 Å². The molecule has 0 unspecified atom stereocenters. The standard InChI is InChI=1S/C18H28N4O3/c1-4-21(5-2)17(23)14-20-9-11-22(12-10-20)18(24)19-15-7-6-8-16(13-15)25-3/h6-8,13H,4-5,9-12,14H2,1-3H3,(H,19,24). The number of nitrogens with one attached hydrogen (secondary N) is 1. The minimum absolute atomic E-state index is 0.122. The van der Waals surface area contributed by atoms with Crippen LogP contribution in [-0.4, -0.2) is 79.6 Å². The van der Waals surface area contributed by atoms with Gasteiger partial charge >= 0.3 is 6.03 Å². The van der Waals surface area contributed by atoms with Gasteiger partial charge in [0.1, 0.15) is 5.75 Å². The van der Waals surface area contributed by atoms with Gasteiger partial charge in [0, 0.05) is 51.0 Å². The van der Waals surface area contributed by atoms with E-state index in [1.807, 2.05) is 36.9 Å². The summed E-state index contributed by atoms with van der Waals surface area (Å²) in [5.41, 5.74) is 0.712. The molecule has 0 atom stereocenters. The van der Waals surface area contributed by atoms with Crippen LogP contribution in [0.2, 0.25) is 0 Å². The van der Waals surface area contributed by atoms with Crippen molar-refractivity contribution >= 4 is 17.6 Å². The Morgan fingerprint density at radius 2 is 1.84 bits per heavy atom. The summed E-state index contributed by atoms with van der Waals surface area (Å²) in [6.45, 7) is 8.51. The van der Waals surface area contributed by atoms with Crippen LogP contribution >= 0.6 is 0 Å².